The van der Waals surface area contributed by atoms with E-state index in [0.29, 0.717) is 18.3 Å². The van der Waals surface area contributed by atoms with Crippen LogP contribution in [0.4, 0.5) is 0 Å². The maximum atomic E-state index is 9.04. The molecule has 0 radical (unpaired) electrons. The van der Waals surface area contributed by atoms with Crippen LogP contribution in [0.3, 0.4) is 0 Å². The molecule has 0 saturated heterocycles. The molecule has 0 aliphatic heterocycles. The molecular weight excluding hydrogens is 218 g/mol. The second kappa shape index (κ2) is 5.01. The summed E-state index contributed by atoms with van der Waals surface area (Å²) in [5.41, 5.74) is 1.59. The molecule has 1 heterocycles. The van der Waals surface area contributed by atoms with Gasteiger partial charge in [-0.3, -0.25) is 0 Å². The van der Waals surface area contributed by atoms with E-state index in [2.05, 4.69) is 4.98 Å². The lowest BCUT2D eigenvalue weighted by molar-refractivity contribution is 0.247. The monoisotopic (exact) mass is 233 g/mol. The average Bonchev–Trinajstić information content (AvgIpc) is 2.72. The number of nitrogens with zero attached hydrogens (tertiary/aromatic N) is 1. The summed E-state index contributed by atoms with van der Waals surface area (Å²) in [6, 6.07) is 7.52. The molecule has 0 aliphatic carbocycles. The van der Waals surface area contributed by atoms with E-state index in [9.17, 15) is 0 Å². The van der Waals surface area contributed by atoms with Crippen molar-refractivity contribution in [3.8, 4) is 17.2 Å². The van der Waals surface area contributed by atoms with Gasteiger partial charge in [0.1, 0.15) is 12.4 Å². The largest absolute Gasteiger partial charge is 0.494 e. The molecule has 2 rings (SSSR count). The van der Waals surface area contributed by atoms with Crippen molar-refractivity contribution in [3.63, 3.8) is 0 Å². The predicted molar refractivity (Wildman–Crippen MR) is 63.8 cm³/mol. The quantitative estimate of drug-likeness (QED) is 0.881. The Hall–Kier alpha value is -1.81. The van der Waals surface area contributed by atoms with Crippen LogP contribution in [-0.4, -0.2) is 16.7 Å². The molecule has 0 spiro atoms. The van der Waals surface area contributed by atoms with Gasteiger partial charge in [0, 0.05) is 5.56 Å². The molecule has 1 N–H and O–H groups in total. The summed E-state index contributed by atoms with van der Waals surface area (Å²) in [5, 5.41) is 9.04. The third-order valence-corrected chi connectivity index (χ3v) is 2.45. The van der Waals surface area contributed by atoms with Crippen molar-refractivity contribution < 1.29 is 14.3 Å². The summed E-state index contributed by atoms with van der Waals surface area (Å²) < 4.78 is 10.8. The van der Waals surface area contributed by atoms with Crippen molar-refractivity contribution >= 4 is 0 Å². The van der Waals surface area contributed by atoms with E-state index in [1.165, 1.54) is 0 Å². The number of rotatable bonds is 4. The molecule has 1 aromatic carbocycles. The number of hydrogen-bond acceptors (Lipinski definition) is 4. The van der Waals surface area contributed by atoms with Gasteiger partial charge in [0.05, 0.1) is 12.3 Å². The van der Waals surface area contributed by atoms with E-state index in [1.807, 2.05) is 38.1 Å². The normalized spacial score (nSPS) is 10.5. The summed E-state index contributed by atoms with van der Waals surface area (Å²) in [6.45, 7) is 4.27. The highest BCUT2D eigenvalue weighted by atomic mass is 16.5. The number of aryl methyl sites for hydroxylation is 1. The maximum absolute atomic E-state index is 9.04. The summed E-state index contributed by atoms with van der Waals surface area (Å²) >= 11 is 0. The second-order valence-corrected chi connectivity index (χ2v) is 3.64. The van der Waals surface area contributed by atoms with Crippen LogP contribution in [0.1, 0.15) is 18.4 Å². The SMILES string of the molecule is CCOc1ccc(-c2nc(C)c(CO)o2)cc1. The van der Waals surface area contributed by atoms with Crippen molar-refractivity contribution in [3.05, 3.63) is 35.7 Å². The van der Waals surface area contributed by atoms with Crippen LogP contribution in [-0.2, 0) is 6.61 Å². The van der Waals surface area contributed by atoms with Gasteiger partial charge in [-0.2, -0.15) is 0 Å². The standard InChI is InChI=1S/C13H15NO3/c1-3-16-11-6-4-10(5-7-11)13-14-9(2)12(8-15)17-13/h4-7,15H,3,8H2,1-2H3. The van der Waals surface area contributed by atoms with Crippen LogP contribution < -0.4 is 4.74 Å². The van der Waals surface area contributed by atoms with Crippen LogP contribution in [0.2, 0.25) is 0 Å². The molecule has 17 heavy (non-hydrogen) atoms. The predicted octanol–water partition coefficient (Wildman–Crippen LogP) is 2.54. The van der Waals surface area contributed by atoms with Crippen molar-refractivity contribution in [2.45, 2.75) is 20.5 Å². The fraction of sp³-hybridized carbons (Fsp3) is 0.308. The molecule has 4 nitrogen and oxygen atoms in total. The molecule has 0 saturated carbocycles. The van der Waals surface area contributed by atoms with Gasteiger partial charge in [-0.05, 0) is 38.1 Å². The van der Waals surface area contributed by atoms with Gasteiger partial charge >= 0.3 is 0 Å². The van der Waals surface area contributed by atoms with Gasteiger partial charge in [0.15, 0.2) is 5.76 Å². The number of aliphatic hydroxyl groups is 1. The molecule has 90 valence electrons. The molecule has 4 heteroatoms. The lowest BCUT2D eigenvalue weighted by atomic mass is 10.2. The minimum Gasteiger partial charge on any atom is -0.494 e. The van der Waals surface area contributed by atoms with Crippen molar-refractivity contribution in [1.82, 2.24) is 4.98 Å². The van der Waals surface area contributed by atoms with Gasteiger partial charge in [-0.1, -0.05) is 0 Å². The highest BCUT2D eigenvalue weighted by Gasteiger charge is 2.10. The minimum absolute atomic E-state index is 0.129. The summed E-state index contributed by atoms with van der Waals surface area (Å²) in [6.07, 6.45) is 0. The Balaban J connectivity index is 2.26. The van der Waals surface area contributed by atoms with E-state index in [-0.39, 0.29) is 6.61 Å². The molecule has 0 atom stereocenters. The highest BCUT2D eigenvalue weighted by Crippen LogP contribution is 2.24. The van der Waals surface area contributed by atoms with Crippen molar-refractivity contribution in [2.24, 2.45) is 0 Å². The number of aromatic nitrogens is 1. The highest BCUT2D eigenvalue weighted by molar-refractivity contribution is 5.55. The van der Waals surface area contributed by atoms with E-state index in [0.717, 1.165) is 17.0 Å². The van der Waals surface area contributed by atoms with Crippen molar-refractivity contribution in [2.75, 3.05) is 6.61 Å². The number of aliphatic hydroxyl groups excluding tert-OH is 1. The zero-order valence-electron chi connectivity index (χ0n) is 9.93. The molecule has 1 aromatic heterocycles. The van der Waals surface area contributed by atoms with E-state index >= 15 is 0 Å². The first-order chi connectivity index (χ1) is 8.24. The number of oxazole rings is 1. The van der Waals surface area contributed by atoms with Crippen LogP contribution in [0, 0.1) is 6.92 Å². The molecule has 0 fully saturated rings. The van der Waals surface area contributed by atoms with Gasteiger partial charge < -0.3 is 14.3 Å². The number of benzene rings is 1. The first-order valence-corrected chi connectivity index (χ1v) is 5.55. The molecule has 0 unspecified atom stereocenters. The van der Waals surface area contributed by atoms with Crippen LogP contribution in [0.15, 0.2) is 28.7 Å². The third kappa shape index (κ3) is 2.47. The Morgan fingerprint density at radius 1 is 1.29 bits per heavy atom. The number of ether oxygens (including phenoxy) is 1. The summed E-state index contributed by atoms with van der Waals surface area (Å²) in [7, 11) is 0. The molecule has 2 aromatic rings. The molecule has 0 aliphatic rings. The lowest BCUT2D eigenvalue weighted by Crippen LogP contribution is -1.90. The molecule has 0 amide bonds. The van der Waals surface area contributed by atoms with Crippen LogP contribution >= 0.6 is 0 Å². The van der Waals surface area contributed by atoms with E-state index in [4.69, 9.17) is 14.3 Å². The Morgan fingerprint density at radius 3 is 2.53 bits per heavy atom. The first-order valence-electron chi connectivity index (χ1n) is 5.55. The third-order valence-electron chi connectivity index (χ3n) is 2.45. The van der Waals surface area contributed by atoms with Crippen molar-refractivity contribution in [1.29, 1.82) is 0 Å². The Labute approximate surface area is 99.9 Å². The van der Waals surface area contributed by atoms with E-state index in [1.54, 1.807) is 0 Å². The summed E-state index contributed by atoms with van der Waals surface area (Å²) in [4.78, 5) is 4.26. The van der Waals surface area contributed by atoms with Gasteiger partial charge in [-0.15, -0.1) is 0 Å². The van der Waals surface area contributed by atoms with E-state index < -0.39 is 0 Å². The Morgan fingerprint density at radius 2 is 2.00 bits per heavy atom. The minimum atomic E-state index is -0.129. The zero-order valence-corrected chi connectivity index (χ0v) is 9.93. The van der Waals surface area contributed by atoms with Crippen LogP contribution in [0.25, 0.3) is 11.5 Å². The second-order valence-electron chi connectivity index (χ2n) is 3.64. The average molecular weight is 233 g/mol. The fourth-order valence-electron chi connectivity index (χ4n) is 1.56. The number of hydrogen-bond donors (Lipinski definition) is 1. The smallest absolute Gasteiger partial charge is 0.226 e. The lowest BCUT2D eigenvalue weighted by Gasteiger charge is -2.02. The topological polar surface area (TPSA) is 55.5 Å². The first kappa shape index (κ1) is 11.7. The fourth-order valence-corrected chi connectivity index (χ4v) is 1.56. The molecular formula is C13H15NO3. The zero-order chi connectivity index (χ0) is 12.3. The summed E-state index contributed by atoms with van der Waals surface area (Å²) in [5.74, 6) is 1.85. The van der Waals surface area contributed by atoms with Crippen LogP contribution in [0.5, 0.6) is 5.75 Å². The van der Waals surface area contributed by atoms with Gasteiger partial charge in [0.25, 0.3) is 0 Å². The Kier molecular flexibility index (Phi) is 3.44. The van der Waals surface area contributed by atoms with Gasteiger partial charge in [0.2, 0.25) is 5.89 Å². The maximum Gasteiger partial charge on any atom is 0.226 e. The van der Waals surface area contributed by atoms with Gasteiger partial charge in [-0.25, -0.2) is 4.98 Å². The Bertz CT molecular complexity index is 488. The molecule has 0 bridgehead atoms.